The second-order valence-corrected chi connectivity index (χ2v) is 5.65. The van der Waals surface area contributed by atoms with Crippen LogP contribution in [0.4, 0.5) is 0 Å². The summed E-state index contributed by atoms with van der Waals surface area (Å²) >= 11 is 0. The molecule has 0 radical (unpaired) electrons. The summed E-state index contributed by atoms with van der Waals surface area (Å²) in [4.78, 5) is 12.7. The van der Waals surface area contributed by atoms with Crippen LogP contribution < -0.4 is 0 Å². The molecule has 1 N–H and O–H groups in total. The van der Waals surface area contributed by atoms with Crippen LogP contribution in [0, 0.1) is 5.92 Å². The first-order valence-electron chi connectivity index (χ1n) is 7.54. The Morgan fingerprint density at radius 1 is 1.25 bits per heavy atom. The second-order valence-electron chi connectivity index (χ2n) is 5.65. The largest absolute Gasteiger partial charge is 0.394 e. The molecule has 1 fully saturated rings. The van der Waals surface area contributed by atoms with Crippen molar-refractivity contribution < 1.29 is 14.6 Å². The van der Waals surface area contributed by atoms with Gasteiger partial charge in [-0.25, -0.2) is 0 Å². The molecule has 110 valence electrons. The first kappa shape index (κ1) is 15.2. The Kier molecular flexibility index (Phi) is 5.32. The van der Waals surface area contributed by atoms with E-state index in [0.29, 0.717) is 6.61 Å². The first-order chi connectivity index (χ1) is 9.69. The number of Topliss-reactive ketones (excluding diaryl/α,β-unsaturated/α-hetero) is 1. The molecule has 1 aliphatic carbocycles. The summed E-state index contributed by atoms with van der Waals surface area (Å²) < 4.78 is 5.95. The smallest absolute Gasteiger partial charge is 0.168 e. The molecule has 0 bridgehead atoms. The Hall–Kier alpha value is -1.19. The maximum atomic E-state index is 12.7. The molecule has 3 nitrogen and oxygen atoms in total. The highest BCUT2D eigenvalue weighted by atomic mass is 16.5. The number of hydrogen-bond acceptors (Lipinski definition) is 3. The normalized spacial score (nSPS) is 19.5. The maximum Gasteiger partial charge on any atom is 0.168 e. The summed E-state index contributed by atoms with van der Waals surface area (Å²) in [6, 6.07) is 9.42. The van der Waals surface area contributed by atoms with E-state index in [1.807, 2.05) is 37.3 Å². The average molecular weight is 276 g/mol. The highest BCUT2D eigenvalue weighted by Gasteiger charge is 2.42. The predicted octanol–water partition coefficient (Wildman–Crippen LogP) is 3.22. The lowest BCUT2D eigenvalue weighted by Gasteiger charge is -2.41. The lowest BCUT2D eigenvalue weighted by molar-refractivity contribution is -0.104. The summed E-state index contributed by atoms with van der Waals surface area (Å²) in [5.74, 6) is -0.0258. The van der Waals surface area contributed by atoms with Crippen molar-refractivity contribution in [2.45, 2.75) is 44.6 Å². The zero-order valence-corrected chi connectivity index (χ0v) is 12.2. The van der Waals surface area contributed by atoms with Gasteiger partial charge in [0.2, 0.25) is 0 Å². The van der Waals surface area contributed by atoms with Crippen molar-refractivity contribution in [3.05, 3.63) is 35.9 Å². The molecule has 1 atom stereocenters. The zero-order valence-electron chi connectivity index (χ0n) is 12.2. The summed E-state index contributed by atoms with van der Waals surface area (Å²) in [5, 5.41) is 9.04. The summed E-state index contributed by atoms with van der Waals surface area (Å²) in [5.41, 5.74) is 0.353. The van der Waals surface area contributed by atoms with Crippen molar-refractivity contribution in [2.75, 3.05) is 13.2 Å². The summed E-state index contributed by atoms with van der Waals surface area (Å²) in [6.45, 7) is 2.29. The standard InChI is InChI=1S/C17H24O3/c1-14(16(19)15-8-4-2-5-9-15)17(20-13-12-18)10-6-3-7-11-17/h2,4-5,8-9,14,18H,3,6-7,10-13H2,1H3. The van der Waals surface area contributed by atoms with Crippen molar-refractivity contribution in [1.29, 1.82) is 0 Å². The lowest BCUT2D eigenvalue weighted by Crippen LogP contribution is -2.45. The van der Waals surface area contributed by atoms with Gasteiger partial charge in [-0.2, -0.15) is 0 Å². The number of carbonyl (C=O) groups is 1. The van der Waals surface area contributed by atoms with E-state index in [1.165, 1.54) is 6.42 Å². The monoisotopic (exact) mass is 276 g/mol. The Labute approximate surface area is 121 Å². The van der Waals surface area contributed by atoms with Crippen molar-refractivity contribution in [3.8, 4) is 0 Å². The molecule has 1 aliphatic rings. The van der Waals surface area contributed by atoms with E-state index in [9.17, 15) is 4.79 Å². The number of rotatable bonds is 6. The number of ether oxygens (including phenoxy) is 1. The van der Waals surface area contributed by atoms with Gasteiger partial charge in [0.05, 0.1) is 18.8 Å². The number of hydrogen-bond donors (Lipinski definition) is 1. The number of aliphatic hydroxyl groups excluding tert-OH is 1. The minimum atomic E-state index is -0.395. The fraction of sp³-hybridized carbons (Fsp3) is 0.588. The van der Waals surface area contributed by atoms with E-state index in [4.69, 9.17) is 9.84 Å². The maximum absolute atomic E-state index is 12.7. The zero-order chi connectivity index (χ0) is 14.4. The Morgan fingerprint density at radius 2 is 1.90 bits per heavy atom. The lowest BCUT2D eigenvalue weighted by atomic mass is 9.73. The van der Waals surface area contributed by atoms with Gasteiger partial charge < -0.3 is 9.84 Å². The van der Waals surface area contributed by atoms with E-state index >= 15 is 0 Å². The van der Waals surface area contributed by atoms with Crippen LogP contribution in [0.3, 0.4) is 0 Å². The molecular weight excluding hydrogens is 252 g/mol. The van der Waals surface area contributed by atoms with Gasteiger partial charge >= 0.3 is 0 Å². The van der Waals surface area contributed by atoms with E-state index in [1.54, 1.807) is 0 Å². The first-order valence-corrected chi connectivity index (χ1v) is 7.54. The third-order valence-electron chi connectivity index (χ3n) is 4.42. The Balaban J connectivity index is 2.17. The van der Waals surface area contributed by atoms with E-state index in [2.05, 4.69) is 0 Å². The van der Waals surface area contributed by atoms with E-state index in [-0.39, 0.29) is 18.3 Å². The van der Waals surface area contributed by atoms with Crippen LogP contribution in [0.15, 0.2) is 30.3 Å². The van der Waals surface area contributed by atoms with Crippen LogP contribution in [0.5, 0.6) is 0 Å². The molecule has 0 saturated heterocycles. The van der Waals surface area contributed by atoms with Crippen LogP contribution in [0.25, 0.3) is 0 Å². The molecule has 1 aromatic rings. The Bertz CT molecular complexity index is 421. The number of aliphatic hydroxyl groups is 1. The van der Waals surface area contributed by atoms with Crippen LogP contribution in [0.1, 0.15) is 49.4 Å². The quantitative estimate of drug-likeness (QED) is 0.811. The molecule has 0 amide bonds. The van der Waals surface area contributed by atoms with Crippen molar-refractivity contribution in [1.82, 2.24) is 0 Å². The molecule has 1 aromatic carbocycles. The van der Waals surface area contributed by atoms with E-state index in [0.717, 1.165) is 31.2 Å². The number of carbonyl (C=O) groups excluding carboxylic acids is 1. The Morgan fingerprint density at radius 3 is 2.50 bits per heavy atom. The summed E-state index contributed by atoms with van der Waals surface area (Å²) in [6.07, 6.45) is 5.21. The van der Waals surface area contributed by atoms with Crippen molar-refractivity contribution >= 4 is 5.78 Å². The minimum absolute atomic E-state index is 0.00793. The molecule has 0 heterocycles. The van der Waals surface area contributed by atoms with Crippen LogP contribution in [0.2, 0.25) is 0 Å². The van der Waals surface area contributed by atoms with Gasteiger partial charge in [-0.15, -0.1) is 0 Å². The number of benzene rings is 1. The molecule has 2 rings (SSSR count). The van der Waals surface area contributed by atoms with Gasteiger partial charge in [0.15, 0.2) is 5.78 Å². The van der Waals surface area contributed by atoms with Crippen LogP contribution >= 0.6 is 0 Å². The van der Waals surface area contributed by atoms with Crippen molar-refractivity contribution in [3.63, 3.8) is 0 Å². The third-order valence-corrected chi connectivity index (χ3v) is 4.42. The molecule has 0 spiro atoms. The molecular formula is C17H24O3. The second kappa shape index (κ2) is 7.00. The van der Waals surface area contributed by atoms with Gasteiger partial charge in [0.1, 0.15) is 0 Å². The van der Waals surface area contributed by atoms with Gasteiger partial charge in [0.25, 0.3) is 0 Å². The predicted molar refractivity (Wildman–Crippen MR) is 78.8 cm³/mol. The third kappa shape index (κ3) is 3.28. The molecule has 1 saturated carbocycles. The molecule has 0 aliphatic heterocycles. The van der Waals surface area contributed by atoms with Crippen molar-refractivity contribution in [2.24, 2.45) is 5.92 Å². The number of ketones is 1. The van der Waals surface area contributed by atoms with Gasteiger partial charge in [0, 0.05) is 11.5 Å². The highest BCUT2D eigenvalue weighted by molar-refractivity contribution is 5.98. The minimum Gasteiger partial charge on any atom is -0.394 e. The fourth-order valence-corrected chi connectivity index (χ4v) is 3.19. The van der Waals surface area contributed by atoms with Crippen LogP contribution in [-0.2, 0) is 4.74 Å². The molecule has 1 unspecified atom stereocenters. The summed E-state index contributed by atoms with van der Waals surface area (Å²) in [7, 11) is 0. The topological polar surface area (TPSA) is 46.5 Å². The van der Waals surface area contributed by atoms with Crippen LogP contribution in [-0.4, -0.2) is 29.7 Å². The molecule has 0 aromatic heterocycles. The van der Waals surface area contributed by atoms with Gasteiger partial charge in [-0.05, 0) is 12.8 Å². The SMILES string of the molecule is CC(C(=O)c1ccccc1)C1(OCCO)CCCCC1. The molecule has 20 heavy (non-hydrogen) atoms. The van der Waals surface area contributed by atoms with E-state index < -0.39 is 5.60 Å². The van der Waals surface area contributed by atoms with Gasteiger partial charge in [-0.3, -0.25) is 4.79 Å². The highest BCUT2D eigenvalue weighted by Crippen LogP contribution is 2.39. The average Bonchev–Trinajstić information content (AvgIpc) is 2.53. The van der Waals surface area contributed by atoms with Gasteiger partial charge in [-0.1, -0.05) is 56.5 Å². The molecule has 3 heteroatoms. The fourth-order valence-electron chi connectivity index (χ4n) is 3.19.